The zero-order valence-corrected chi connectivity index (χ0v) is 15.6. The van der Waals surface area contributed by atoms with Gasteiger partial charge in [0.15, 0.2) is 5.69 Å². The van der Waals surface area contributed by atoms with Crippen LogP contribution in [0.25, 0.3) is 17.3 Å². The van der Waals surface area contributed by atoms with Gasteiger partial charge in [-0.15, -0.1) is 0 Å². The van der Waals surface area contributed by atoms with Gasteiger partial charge >= 0.3 is 0 Å². The molecule has 5 nitrogen and oxygen atoms in total. The van der Waals surface area contributed by atoms with E-state index in [2.05, 4.69) is 15.6 Å². The number of rotatable bonds is 4. The third kappa shape index (κ3) is 4.12. The summed E-state index contributed by atoms with van der Waals surface area (Å²) in [5.41, 5.74) is 4.09. The molecule has 0 spiro atoms. The largest absolute Gasteiger partial charge is 0.302 e. The number of amides is 1. The van der Waals surface area contributed by atoms with Gasteiger partial charge in [-0.3, -0.25) is 4.79 Å². The molecule has 1 heterocycles. The standard InChI is InChI=1S/C19H15Cl2N3O2/c1-11-3-4-12(2)15(9-11)18-19(24-26-23-18)22-17(25)8-6-13-5-7-14(20)10-16(13)21/h3-10H,1-2H3,(H,22,24,25)/b8-6+. The average Bonchev–Trinajstić information content (AvgIpc) is 3.04. The lowest BCUT2D eigenvalue weighted by Gasteiger charge is -2.05. The molecule has 3 aromatic rings. The zero-order valence-electron chi connectivity index (χ0n) is 14.1. The van der Waals surface area contributed by atoms with Crippen molar-refractivity contribution in [2.45, 2.75) is 13.8 Å². The van der Waals surface area contributed by atoms with Crippen LogP contribution in [0.2, 0.25) is 10.0 Å². The normalized spacial score (nSPS) is 11.1. The maximum atomic E-state index is 12.2. The smallest absolute Gasteiger partial charge is 0.249 e. The van der Waals surface area contributed by atoms with Crippen LogP contribution in [0.4, 0.5) is 5.82 Å². The van der Waals surface area contributed by atoms with E-state index in [-0.39, 0.29) is 11.7 Å². The predicted octanol–water partition coefficient (Wildman–Crippen LogP) is 5.31. The van der Waals surface area contributed by atoms with Crippen LogP contribution in [0.1, 0.15) is 16.7 Å². The first-order valence-electron chi connectivity index (χ1n) is 7.78. The van der Waals surface area contributed by atoms with Gasteiger partial charge in [0, 0.05) is 21.7 Å². The van der Waals surface area contributed by atoms with Gasteiger partial charge in [0.1, 0.15) is 0 Å². The van der Waals surface area contributed by atoms with Crippen LogP contribution in [-0.4, -0.2) is 16.2 Å². The third-order valence-electron chi connectivity index (χ3n) is 3.76. The second-order valence-corrected chi connectivity index (χ2v) is 6.61. The van der Waals surface area contributed by atoms with Crippen LogP contribution in [0.5, 0.6) is 0 Å². The molecule has 7 heteroatoms. The number of nitrogens with zero attached hydrogens (tertiary/aromatic N) is 2. The van der Waals surface area contributed by atoms with Crippen LogP contribution in [0, 0.1) is 13.8 Å². The van der Waals surface area contributed by atoms with E-state index in [0.29, 0.717) is 21.3 Å². The van der Waals surface area contributed by atoms with Crippen molar-refractivity contribution >= 4 is 41.0 Å². The first-order valence-corrected chi connectivity index (χ1v) is 8.54. The van der Waals surface area contributed by atoms with E-state index in [4.69, 9.17) is 27.8 Å². The molecule has 0 aliphatic heterocycles. The van der Waals surface area contributed by atoms with Crippen LogP contribution in [0.3, 0.4) is 0 Å². The monoisotopic (exact) mass is 387 g/mol. The summed E-state index contributed by atoms with van der Waals surface area (Å²) < 4.78 is 4.82. The van der Waals surface area contributed by atoms with Crippen molar-refractivity contribution in [1.29, 1.82) is 0 Å². The van der Waals surface area contributed by atoms with Crippen LogP contribution >= 0.6 is 23.2 Å². The number of aryl methyl sites for hydroxylation is 2. The van der Waals surface area contributed by atoms with Crippen molar-refractivity contribution < 1.29 is 9.42 Å². The molecule has 0 unspecified atom stereocenters. The third-order valence-corrected chi connectivity index (χ3v) is 4.32. The van der Waals surface area contributed by atoms with E-state index in [1.54, 1.807) is 24.3 Å². The Morgan fingerprint density at radius 1 is 1.12 bits per heavy atom. The van der Waals surface area contributed by atoms with Gasteiger partial charge in [-0.1, -0.05) is 47.0 Å². The van der Waals surface area contributed by atoms with Crippen LogP contribution < -0.4 is 5.32 Å². The number of nitrogens with one attached hydrogen (secondary N) is 1. The summed E-state index contributed by atoms with van der Waals surface area (Å²) >= 11 is 11.9. The van der Waals surface area contributed by atoms with Crippen molar-refractivity contribution in [1.82, 2.24) is 10.3 Å². The molecule has 0 aliphatic rings. The molecule has 0 aliphatic carbocycles. The molecule has 0 radical (unpaired) electrons. The lowest BCUT2D eigenvalue weighted by atomic mass is 10.0. The summed E-state index contributed by atoms with van der Waals surface area (Å²) in [6.45, 7) is 3.94. The summed E-state index contributed by atoms with van der Waals surface area (Å²) in [4.78, 5) is 12.2. The minimum Gasteiger partial charge on any atom is -0.302 e. The molecule has 132 valence electrons. The van der Waals surface area contributed by atoms with Gasteiger partial charge in [0.2, 0.25) is 11.7 Å². The minimum atomic E-state index is -0.377. The molecular weight excluding hydrogens is 373 g/mol. The van der Waals surface area contributed by atoms with E-state index in [1.807, 2.05) is 32.0 Å². The summed E-state index contributed by atoms with van der Waals surface area (Å²) in [7, 11) is 0. The molecule has 0 fully saturated rings. The van der Waals surface area contributed by atoms with Crippen molar-refractivity contribution in [2.24, 2.45) is 0 Å². The number of benzene rings is 2. The quantitative estimate of drug-likeness (QED) is 0.615. The van der Waals surface area contributed by atoms with E-state index >= 15 is 0 Å². The molecule has 2 aromatic carbocycles. The van der Waals surface area contributed by atoms with E-state index in [0.717, 1.165) is 16.7 Å². The number of aromatic nitrogens is 2. The Morgan fingerprint density at radius 3 is 2.69 bits per heavy atom. The Kier molecular flexibility index (Phi) is 5.40. The Bertz CT molecular complexity index is 996. The molecule has 26 heavy (non-hydrogen) atoms. The highest BCUT2D eigenvalue weighted by atomic mass is 35.5. The molecule has 0 saturated heterocycles. The van der Waals surface area contributed by atoms with Crippen molar-refractivity contribution in [3.05, 3.63) is 69.2 Å². The molecule has 3 rings (SSSR count). The van der Waals surface area contributed by atoms with Crippen LogP contribution in [-0.2, 0) is 4.79 Å². The lowest BCUT2D eigenvalue weighted by molar-refractivity contribution is -0.111. The Balaban J connectivity index is 1.80. The molecule has 1 amide bonds. The van der Waals surface area contributed by atoms with Crippen molar-refractivity contribution in [3.8, 4) is 11.3 Å². The minimum absolute atomic E-state index is 0.260. The molecular formula is C19H15Cl2N3O2. The van der Waals surface area contributed by atoms with Gasteiger partial charge in [-0.25, -0.2) is 4.63 Å². The maximum absolute atomic E-state index is 12.2. The fraction of sp³-hybridized carbons (Fsp3) is 0.105. The van der Waals surface area contributed by atoms with Crippen LogP contribution in [0.15, 0.2) is 47.1 Å². The summed E-state index contributed by atoms with van der Waals surface area (Å²) in [6, 6.07) is 11.0. The maximum Gasteiger partial charge on any atom is 0.249 e. The predicted molar refractivity (Wildman–Crippen MR) is 103 cm³/mol. The van der Waals surface area contributed by atoms with Gasteiger partial charge in [0.05, 0.1) is 0 Å². The Hall–Kier alpha value is -2.63. The highest BCUT2D eigenvalue weighted by Crippen LogP contribution is 2.28. The second kappa shape index (κ2) is 7.72. The number of carbonyl (C=O) groups excluding carboxylic acids is 1. The Labute approximate surface area is 160 Å². The van der Waals surface area contributed by atoms with E-state index < -0.39 is 0 Å². The average molecular weight is 388 g/mol. The van der Waals surface area contributed by atoms with Gasteiger partial charge in [-0.05, 0) is 59.6 Å². The lowest BCUT2D eigenvalue weighted by Crippen LogP contribution is -2.09. The number of anilines is 1. The summed E-state index contributed by atoms with van der Waals surface area (Å²) in [6.07, 6.45) is 2.95. The molecule has 0 bridgehead atoms. The first-order chi connectivity index (χ1) is 12.4. The number of halogens is 2. The summed E-state index contributed by atoms with van der Waals surface area (Å²) in [5, 5.41) is 11.4. The fourth-order valence-corrected chi connectivity index (χ4v) is 2.87. The number of hydrogen-bond acceptors (Lipinski definition) is 4. The highest BCUT2D eigenvalue weighted by molar-refractivity contribution is 6.35. The van der Waals surface area contributed by atoms with Gasteiger partial charge in [0.25, 0.3) is 0 Å². The summed E-state index contributed by atoms with van der Waals surface area (Å²) in [5.74, 6) is -0.117. The van der Waals surface area contributed by atoms with E-state index in [1.165, 1.54) is 6.08 Å². The first kappa shape index (κ1) is 18.2. The Morgan fingerprint density at radius 2 is 1.92 bits per heavy atom. The van der Waals surface area contributed by atoms with Crippen molar-refractivity contribution in [2.75, 3.05) is 5.32 Å². The SMILES string of the molecule is Cc1ccc(C)c(-c2nonc2NC(=O)/C=C/c2ccc(Cl)cc2Cl)c1. The van der Waals surface area contributed by atoms with Crippen molar-refractivity contribution in [3.63, 3.8) is 0 Å². The highest BCUT2D eigenvalue weighted by Gasteiger charge is 2.16. The molecule has 1 aromatic heterocycles. The topological polar surface area (TPSA) is 68.0 Å². The zero-order chi connectivity index (χ0) is 18.7. The molecule has 1 N–H and O–H groups in total. The van der Waals surface area contributed by atoms with Gasteiger partial charge in [-0.2, -0.15) is 0 Å². The second-order valence-electron chi connectivity index (χ2n) is 5.77. The molecule has 0 saturated carbocycles. The number of hydrogen-bond donors (Lipinski definition) is 1. The molecule has 0 atom stereocenters. The van der Waals surface area contributed by atoms with E-state index in [9.17, 15) is 4.79 Å². The van der Waals surface area contributed by atoms with Gasteiger partial charge < -0.3 is 5.32 Å². The number of carbonyl (C=O) groups is 1. The fourth-order valence-electron chi connectivity index (χ4n) is 2.40.